The van der Waals surface area contributed by atoms with E-state index in [4.69, 9.17) is 4.74 Å². The summed E-state index contributed by atoms with van der Waals surface area (Å²) in [6.45, 7) is 6.73. The molecule has 1 N–H and O–H groups in total. The van der Waals surface area contributed by atoms with Crippen LogP contribution < -0.4 is 5.32 Å². The fourth-order valence-corrected chi connectivity index (χ4v) is 4.58. The Morgan fingerprint density at radius 3 is 2.36 bits per heavy atom. The van der Waals surface area contributed by atoms with Crippen molar-refractivity contribution >= 4 is 11.8 Å². The van der Waals surface area contributed by atoms with E-state index < -0.39 is 6.04 Å². The van der Waals surface area contributed by atoms with Gasteiger partial charge in [-0.3, -0.25) is 19.4 Å². The molecule has 2 heterocycles. The largest absolute Gasteiger partial charge is 0.383 e. The molecule has 7 heteroatoms. The second kappa shape index (κ2) is 11.4. The second-order valence-corrected chi connectivity index (χ2v) is 8.76. The first kappa shape index (κ1) is 23.4. The number of carbonyl (C=O) groups is 2. The molecule has 33 heavy (non-hydrogen) atoms. The SMILES string of the molecule is COCCN1CCN(C(=O)C[C@@H]2C(=O)NCCN2Cc2ccc(-c3ccccc3)cc2)CC1. The zero-order chi connectivity index (χ0) is 23.0. The molecule has 7 nitrogen and oxygen atoms in total. The maximum absolute atomic E-state index is 13.0. The molecule has 2 fully saturated rings. The van der Waals surface area contributed by atoms with Crippen molar-refractivity contribution in [1.29, 1.82) is 0 Å². The molecule has 2 aliphatic heterocycles. The smallest absolute Gasteiger partial charge is 0.237 e. The van der Waals surface area contributed by atoms with Crippen LogP contribution in [0.25, 0.3) is 11.1 Å². The van der Waals surface area contributed by atoms with Crippen molar-refractivity contribution in [3.8, 4) is 11.1 Å². The Labute approximate surface area is 196 Å². The highest BCUT2D eigenvalue weighted by Crippen LogP contribution is 2.21. The van der Waals surface area contributed by atoms with E-state index in [1.165, 1.54) is 11.1 Å². The Balaban J connectivity index is 1.35. The number of amides is 2. The first-order valence-electron chi connectivity index (χ1n) is 11.8. The number of carbonyl (C=O) groups excluding carboxylic acids is 2. The van der Waals surface area contributed by atoms with E-state index in [2.05, 4.69) is 51.5 Å². The van der Waals surface area contributed by atoms with E-state index in [-0.39, 0.29) is 18.2 Å². The Morgan fingerprint density at radius 1 is 0.970 bits per heavy atom. The highest BCUT2D eigenvalue weighted by Gasteiger charge is 2.33. The molecule has 0 unspecified atom stereocenters. The summed E-state index contributed by atoms with van der Waals surface area (Å²) >= 11 is 0. The summed E-state index contributed by atoms with van der Waals surface area (Å²) in [5.41, 5.74) is 3.51. The van der Waals surface area contributed by atoms with Gasteiger partial charge in [0.25, 0.3) is 0 Å². The number of piperazine rings is 2. The Hall–Kier alpha value is -2.74. The average molecular weight is 451 g/mol. The third kappa shape index (κ3) is 6.19. The summed E-state index contributed by atoms with van der Waals surface area (Å²) in [4.78, 5) is 32.0. The van der Waals surface area contributed by atoms with Gasteiger partial charge in [0, 0.05) is 59.5 Å². The van der Waals surface area contributed by atoms with Crippen molar-refractivity contribution in [3.05, 3.63) is 60.2 Å². The topological polar surface area (TPSA) is 65.1 Å². The molecule has 0 bridgehead atoms. The Morgan fingerprint density at radius 2 is 1.67 bits per heavy atom. The van der Waals surface area contributed by atoms with Crippen molar-refractivity contribution < 1.29 is 14.3 Å². The lowest BCUT2D eigenvalue weighted by Gasteiger charge is -2.38. The van der Waals surface area contributed by atoms with Crippen molar-refractivity contribution in [2.45, 2.75) is 19.0 Å². The van der Waals surface area contributed by atoms with Gasteiger partial charge < -0.3 is 15.0 Å². The van der Waals surface area contributed by atoms with E-state index in [0.29, 0.717) is 32.8 Å². The van der Waals surface area contributed by atoms with Gasteiger partial charge in [-0.25, -0.2) is 0 Å². The first-order chi connectivity index (χ1) is 16.1. The Kier molecular flexibility index (Phi) is 8.10. The number of hydrogen-bond donors (Lipinski definition) is 1. The summed E-state index contributed by atoms with van der Waals surface area (Å²) in [7, 11) is 1.71. The number of ether oxygens (including phenoxy) is 1. The Bertz CT molecular complexity index is 911. The number of hydrogen-bond acceptors (Lipinski definition) is 5. The molecule has 2 amide bonds. The van der Waals surface area contributed by atoms with Crippen LogP contribution in [0.15, 0.2) is 54.6 Å². The molecule has 0 aromatic heterocycles. The van der Waals surface area contributed by atoms with Crippen LogP contribution in [0.2, 0.25) is 0 Å². The van der Waals surface area contributed by atoms with Crippen LogP contribution in [0.4, 0.5) is 0 Å². The van der Waals surface area contributed by atoms with E-state index in [9.17, 15) is 9.59 Å². The van der Waals surface area contributed by atoms with Gasteiger partial charge in [-0.1, -0.05) is 54.6 Å². The van der Waals surface area contributed by atoms with Gasteiger partial charge in [0.2, 0.25) is 11.8 Å². The fourth-order valence-electron chi connectivity index (χ4n) is 4.58. The van der Waals surface area contributed by atoms with Crippen LogP contribution in [-0.4, -0.2) is 92.1 Å². The number of nitrogens with one attached hydrogen (secondary N) is 1. The zero-order valence-electron chi connectivity index (χ0n) is 19.4. The van der Waals surface area contributed by atoms with Gasteiger partial charge in [-0.15, -0.1) is 0 Å². The molecule has 176 valence electrons. The lowest BCUT2D eigenvalue weighted by Crippen LogP contribution is -2.57. The molecule has 4 rings (SSSR count). The van der Waals surface area contributed by atoms with Crippen LogP contribution >= 0.6 is 0 Å². The highest BCUT2D eigenvalue weighted by molar-refractivity contribution is 5.89. The van der Waals surface area contributed by atoms with E-state index in [1.807, 2.05) is 23.1 Å². The third-order valence-electron chi connectivity index (χ3n) is 6.59. The molecule has 0 radical (unpaired) electrons. The van der Waals surface area contributed by atoms with E-state index in [1.54, 1.807) is 7.11 Å². The maximum atomic E-state index is 13.0. The average Bonchev–Trinajstić information content (AvgIpc) is 2.86. The molecule has 0 spiro atoms. The summed E-state index contributed by atoms with van der Waals surface area (Å²) in [6, 6.07) is 18.4. The van der Waals surface area contributed by atoms with Crippen molar-refractivity contribution in [3.63, 3.8) is 0 Å². The molecule has 2 aromatic rings. The second-order valence-electron chi connectivity index (χ2n) is 8.76. The van der Waals surface area contributed by atoms with Gasteiger partial charge in [0.05, 0.1) is 19.1 Å². The minimum Gasteiger partial charge on any atom is -0.383 e. The summed E-state index contributed by atoms with van der Waals surface area (Å²) in [6.07, 6.45) is 0.228. The quantitative estimate of drug-likeness (QED) is 0.665. The lowest BCUT2D eigenvalue weighted by atomic mass is 10.0. The molecular formula is C26H34N4O3. The molecule has 2 saturated heterocycles. The molecule has 2 aliphatic rings. The molecule has 2 aromatic carbocycles. The number of benzene rings is 2. The van der Waals surface area contributed by atoms with Crippen LogP contribution in [0.5, 0.6) is 0 Å². The zero-order valence-corrected chi connectivity index (χ0v) is 19.4. The van der Waals surface area contributed by atoms with E-state index in [0.717, 1.165) is 31.7 Å². The normalized spacial score (nSPS) is 20.0. The molecular weight excluding hydrogens is 416 g/mol. The minimum absolute atomic E-state index is 0.0470. The number of nitrogens with zero attached hydrogens (tertiary/aromatic N) is 3. The predicted molar refractivity (Wildman–Crippen MR) is 129 cm³/mol. The maximum Gasteiger partial charge on any atom is 0.237 e. The third-order valence-corrected chi connectivity index (χ3v) is 6.59. The van der Waals surface area contributed by atoms with Crippen LogP contribution in [0.1, 0.15) is 12.0 Å². The van der Waals surface area contributed by atoms with Crippen LogP contribution in [0, 0.1) is 0 Å². The monoisotopic (exact) mass is 450 g/mol. The standard InChI is InChI=1S/C26H34N4O3/c1-33-18-17-28-13-15-29(16-14-28)25(31)19-24-26(32)27-11-12-30(24)20-21-7-9-23(10-8-21)22-5-3-2-4-6-22/h2-10,24H,11-20H2,1H3,(H,27,32)/t24-/m1/s1. The lowest BCUT2D eigenvalue weighted by molar-refractivity contribution is -0.140. The van der Waals surface area contributed by atoms with Crippen molar-refractivity contribution in [1.82, 2.24) is 20.0 Å². The van der Waals surface area contributed by atoms with Crippen molar-refractivity contribution in [2.24, 2.45) is 0 Å². The van der Waals surface area contributed by atoms with Gasteiger partial charge in [0.15, 0.2) is 0 Å². The molecule has 0 saturated carbocycles. The number of rotatable bonds is 8. The fraction of sp³-hybridized carbons (Fsp3) is 0.462. The van der Waals surface area contributed by atoms with Crippen LogP contribution in [-0.2, 0) is 20.9 Å². The van der Waals surface area contributed by atoms with Gasteiger partial charge >= 0.3 is 0 Å². The first-order valence-corrected chi connectivity index (χ1v) is 11.8. The summed E-state index contributed by atoms with van der Waals surface area (Å²) < 4.78 is 5.15. The summed E-state index contributed by atoms with van der Waals surface area (Å²) in [5, 5.41) is 2.94. The van der Waals surface area contributed by atoms with Crippen LogP contribution in [0.3, 0.4) is 0 Å². The van der Waals surface area contributed by atoms with Gasteiger partial charge in [-0.2, -0.15) is 0 Å². The molecule has 1 atom stereocenters. The van der Waals surface area contributed by atoms with Gasteiger partial charge in [0.1, 0.15) is 0 Å². The molecule has 0 aliphatic carbocycles. The number of methoxy groups -OCH3 is 1. The summed E-state index contributed by atoms with van der Waals surface area (Å²) in [5.74, 6) is 0.0158. The van der Waals surface area contributed by atoms with Crippen molar-refractivity contribution in [2.75, 3.05) is 59.5 Å². The van der Waals surface area contributed by atoms with E-state index >= 15 is 0 Å². The highest BCUT2D eigenvalue weighted by atomic mass is 16.5. The predicted octanol–water partition coefficient (Wildman–Crippen LogP) is 1.83. The van der Waals surface area contributed by atoms with Gasteiger partial charge in [-0.05, 0) is 16.7 Å². The minimum atomic E-state index is -0.424.